The van der Waals surface area contributed by atoms with Crippen LogP contribution in [0.5, 0.6) is 0 Å². The Bertz CT molecular complexity index is 307. The van der Waals surface area contributed by atoms with Crippen LogP contribution in [0.15, 0.2) is 6.20 Å². The van der Waals surface area contributed by atoms with Crippen LogP contribution in [0.3, 0.4) is 0 Å². The first-order valence-corrected chi connectivity index (χ1v) is 3.85. The zero-order chi connectivity index (χ0) is 9.84. The van der Waals surface area contributed by atoms with Gasteiger partial charge in [0.05, 0.1) is 11.9 Å². The Morgan fingerprint density at radius 2 is 2.46 bits per heavy atom. The molecule has 1 rings (SSSR count). The van der Waals surface area contributed by atoms with Crippen molar-refractivity contribution >= 4 is 11.6 Å². The lowest BCUT2D eigenvalue weighted by Crippen LogP contribution is -2.14. The van der Waals surface area contributed by atoms with E-state index in [9.17, 15) is 4.79 Å². The molecular weight excluding hydrogens is 172 g/mol. The molecule has 0 saturated carbocycles. The monoisotopic (exact) mass is 184 g/mol. The second-order valence-electron chi connectivity index (χ2n) is 2.46. The van der Waals surface area contributed by atoms with Crippen LogP contribution in [0.2, 0.25) is 0 Å². The first-order chi connectivity index (χ1) is 6.15. The van der Waals surface area contributed by atoms with Crippen molar-refractivity contribution in [2.45, 2.75) is 13.7 Å². The van der Waals surface area contributed by atoms with Crippen molar-refractivity contribution in [2.75, 3.05) is 12.3 Å². The van der Waals surface area contributed by atoms with Gasteiger partial charge in [-0.1, -0.05) is 0 Å². The van der Waals surface area contributed by atoms with Crippen molar-refractivity contribution < 1.29 is 9.53 Å². The summed E-state index contributed by atoms with van der Waals surface area (Å²) in [4.78, 5) is 10.7. The molecule has 0 radical (unpaired) electrons. The molecule has 0 unspecified atom stereocenters. The number of hydrogen-bond acceptors (Lipinski definition) is 4. The highest BCUT2D eigenvalue weighted by Gasteiger charge is 2.10. The highest BCUT2D eigenvalue weighted by molar-refractivity contribution is 5.95. The van der Waals surface area contributed by atoms with Gasteiger partial charge in [-0.05, 0) is 6.92 Å². The van der Waals surface area contributed by atoms with Crippen molar-refractivity contribution in [1.29, 1.82) is 0 Å². The lowest BCUT2D eigenvalue weighted by molar-refractivity contribution is 0.0784. The van der Waals surface area contributed by atoms with Gasteiger partial charge < -0.3 is 16.2 Å². The minimum atomic E-state index is -0.632. The molecule has 6 heteroatoms. The highest BCUT2D eigenvalue weighted by Crippen LogP contribution is 2.07. The molecule has 1 amide bonds. The number of carbonyl (C=O) groups is 1. The number of amides is 1. The molecule has 0 saturated heterocycles. The number of nitrogens with two attached hydrogens (primary N) is 2. The Morgan fingerprint density at radius 1 is 1.77 bits per heavy atom. The zero-order valence-corrected chi connectivity index (χ0v) is 7.36. The maximum absolute atomic E-state index is 10.7. The predicted molar refractivity (Wildman–Crippen MR) is 46.8 cm³/mol. The molecule has 13 heavy (non-hydrogen) atoms. The van der Waals surface area contributed by atoms with Crippen LogP contribution in [0.4, 0.5) is 5.69 Å². The van der Waals surface area contributed by atoms with Crippen LogP contribution in [0.25, 0.3) is 0 Å². The predicted octanol–water partition coefficient (Wildman–Crippen LogP) is -0.442. The Hall–Kier alpha value is -1.56. The lowest BCUT2D eigenvalue weighted by atomic mass is 10.4. The maximum Gasteiger partial charge on any atom is 0.271 e. The first-order valence-electron chi connectivity index (χ1n) is 3.85. The first kappa shape index (κ1) is 9.53. The van der Waals surface area contributed by atoms with Crippen molar-refractivity contribution in [2.24, 2.45) is 5.73 Å². The second-order valence-corrected chi connectivity index (χ2v) is 2.46. The third-order valence-corrected chi connectivity index (χ3v) is 1.45. The molecule has 0 atom stereocenters. The zero-order valence-electron chi connectivity index (χ0n) is 7.36. The number of primary amides is 1. The van der Waals surface area contributed by atoms with Crippen molar-refractivity contribution in [1.82, 2.24) is 9.78 Å². The molecule has 0 fully saturated rings. The van der Waals surface area contributed by atoms with Crippen molar-refractivity contribution in [3.63, 3.8) is 0 Å². The normalized spacial score (nSPS) is 10.2. The quantitative estimate of drug-likeness (QED) is 0.662. The number of anilines is 1. The summed E-state index contributed by atoms with van der Waals surface area (Å²) in [7, 11) is 0. The number of carbonyl (C=O) groups excluding carboxylic acids is 1. The van der Waals surface area contributed by atoms with E-state index in [1.54, 1.807) is 0 Å². The van der Waals surface area contributed by atoms with Crippen molar-refractivity contribution in [3.05, 3.63) is 11.9 Å². The molecular formula is C7H12N4O2. The summed E-state index contributed by atoms with van der Waals surface area (Å²) in [6.07, 6.45) is 1.51. The number of ether oxygens (including phenoxy) is 1. The van der Waals surface area contributed by atoms with E-state index in [2.05, 4.69) is 5.10 Å². The highest BCUT2D eigenvalue weighted by atomic mass is 16.5. The lowest BCUT2D eigenvalue weighted by Gasteiger charge is -1.98. The molecule has 72 valence electrons. The summed E-state index contributed by atoms with van der Waals surface area (Å²) in [5.74, 6) is -0.632. The minimum absolute atomic E-state index is 0.0831. The van der Waals surface area contributed by atoms with Gasteiger partial charge in [-0.15, -0.1) is 0 Å². The summed E-state index contributed by atoms with van der Waals surface area (Å²) in [6.45, 7) is 2.71. The fourth-order valence-corrected chi connectivity index (χ4v) is 0.879. The topological polar surface area (TPSA) is 96.2 Å². The summed E-state index contributed by atoms with van der Waals surface area (Å²) >= 11 is 0. The third kappa shape index (κ3) is 2.19. The third-order valence-electron chi connectivity index (χ3n) is 1.45. The van der Waals surface area contributed by atoms with E-state index in [0.717, 1.165) is 0 Å². The van der Waals surface area contributed by atoms with E-state index in [1.807, 2.05) is 6.92 Å². The molecule has 1 heterocycles. The largest absolute Gasteiger partial charge is 0.396 e. The molecule has 0 spiro atoms. The molecule has 1 aromatic rings. The van der Waals surface area contributed by atoms with Gasteiger partial charge in [0.1, 0.15) is 6.73 Å². The number of rotatable bonds is 4. The average molecular weight is 184 g/mol. The van der Waals surface area contributed by atoms with E-state index in [1.165, 1.54) is 10.9 Å². The Balaban J connectivity index is 2.76. The molecule has 0 aromatic carbocycles. The summed E-state index contributed by atoms with van der Waals surface area (Å²) in [6, 6.07) is 0. The Labute approximate surface area is 75.5 Å². The van der Waals surface area contributed by atoms with E-state index in [-0.39, 0.29) is 18.1 Å². The van der Waals surface area contributed by atoms with Crippen LogP contribution in [-0.2, 0) is 11.5 Å². The standard InChI is InChI=1S/C7H12N4O2/c1-2-13-4-11-3-5(8)6(10-11)7(9)12/h3H,2,4,8H2,1H3,(H2,9,12). The van der Waals surface area contributed by atoms with E-state index < -0.39 is 5.91 Å². The average Bonchev–Trinajstić information content (AvgIpc) is 2.43. The van der Waals surface area contributed by atoms with Crippen LogP contribution >= 0.6 is 0 Å². The molecule has 6 nitrogen and oxygen atoms in total. The van der Waals surface area contributed by atoms with Crippen LogP contribution in [0.1, 0.15) is 17.4 Å². The molecule has 0 aliphatic rings. The minimum Gasteiger partial charge on any atom is -0.396 e. The fraction of sp³-hybridized carbons (Fsp3) is 0.429. The fourth-order valence-electron chi connectivity index (χ4n) is 0.879. The van der Waals surface area contributed by atoms with Gasteiger partial charge in [-0.2, -0.15) is 5.10 Å². The van der Waals surface area contributed by atoms with Gasteiger partial charge >= 0.3 is 0 Å². The summed E-state index contributed by atoms with van der Waals surface area (Å²) in [5, 5.41) is 3.84. The molecule has 0 aliphatic heterocycles. The van der Waals surface area contributed by atoms with E-state index in [4.69, 9.17) is 16.2 Å². The number of hydrogen-bond donors (Lipinski definition) is 2. The smallest absolute Gasteiger partial charge is 0.271 e. The van der Waals surface area contributed by atoms with Gasteiger partial charge in [-0.3, -0.25) is 4.79 Å². The summed E-state index contributed by atoms with van der Waals surface area (Å²) in [5.41, 5.74) is 10.8. The second kappa shape index (κ2) is 3.90. The molecule has 0 aliphatic carbocycles. The Morgan fingerprint density at radius 3 is 2.92 bits per heavy atom. The summed E-state index contributed by atoms with van der Waals surface area (Å²) < 4.78 is 6.49. The van der Waals surface area contributed by atoms with E-state index in [0.29, 0.717) is 6.61 Å². The Kier molecular flexibility index (Phi) is 2.86. The van der Waals surface area contributed by atoms with Gasteiger partial charge in [0.25, 0.3) is 5.91 Å². The van der Waals surface area contributed by atoms with Gasteiger partial charge in [0.15, 0.2) is 5.69 Å². The molecule has 4 N–H and O–H groups in total. The van der Waals surface area contributed by atoms with Gasteiger partial charge in [0.2, 0.25) is 0 Å². The van der Waals surface area contributed by atoms with Gasteiger partial charge in [0, 0.05) is 6.61 Å². The molecule has 1 aromatic heterocycles. The van der Waals surface area contributed by atoms with Crippen molar-refractivity contribution in [3.8, 4) is 0 Å². The SMILES string of the molecule is CCOCn1cc(N)c(C(N)=O)n1. The number of nitrogens with zero attached hydrogens (tertiary/aromatic N) is 2. The van der Waals surface area contributed by atoms with E-state index >= 15 is 0 Å². The van der Waals surface area contributed by atoms with Crippen LogP contribution < -0.4 is 11.5 Å². The number of aromatic nitrogens is 2. The number of nitrogen functional groups attached to an aromatic ring is 1. The molecule has 0 bridgehead atoms. The maximum atomic E-state index is 10.7. The van der Waals surface area contributed by atoms with Crippen LogP contribution in [-0.4, -0.2) is 22.3 Å². The van der Waals surface area contributed by atoms with Crippen LogP contribution in [0, 0.1) is 0 Å². The van der Waals surface area contributed by atoms with Gasteiger partial charge in [-0.25, -0.2) is 4.68 Å².